The molecule has 0 fully saturated rings. The maximum atomic E-state index is 12.3. The van der Waals surface area contributed by atoms with Crippen molar-refractivity contribution in [1.82, 2.24) is 15.3 Å². The van der Waals surface area contributed by atoms with Gasteiger partial charge in [0.1, 0.15) is 11.9 Å². The van der Waals surface area contributed by atoms with E-state index in [1.807, 2.05) is 18.4 Å². The number of ether oxygens (including phenoxy) is 1. The highest BCUT2D eigenvalue weighted by Gasteiger charge is 2.27. The predicted octanol–water partition coefficient (Wildman–Crippen LogP) is 3.56. The average Bonchev–Trinajstić information content (AvgIpc) is 3.25. The Kier molecular flexibility index (Phi) is 4.42. The molecule has 0 spiro atoms. The summed E-state index contributed by atoms with van der Waals surface area (Å²) < 4.78 is 6.17. The van der Waals surface area contributed by atoms with Crippen LogP contribution in [-0.4, -0.2) is 28.5 Å². The molecule has 3 heterocycles. The first-order chi connectivity index (χ1) is 12.6. The van der Waals surface area contributed by atoms with Crippen molar-refractivity contribution >= 4 is 17.2 Å². The van der Waals surface area contributed by atoms with E-state index >= 15 is 0 Å². The van der Waals surface area contributed by atoms with Crippen molar-refractivity contribution in [1.29, 1.82) is 0 Å². The first kappa shape index (κ1) is 16.7. The summed E-state index contributed by atoms with van der Waals surface area (Å²) in [5, 5.41) is 4.93. The molecular weight excluding hydrogens is 346 g/mol. The number of fused-ring (bicyclic) bond motifs is 1. The quantitative estimate of drug-likeness (QED) is 0.768. The smallest absolute Gasteiger partial charge is 0.261 e. The van der Waals surface area contributed by atoms with Crippen molar-refractivity contribution in [3.8, 4) is 17.0 Å². The Morgan fingerprint density at radius 3 is 2.96 bits per heavy atom. The molecule has 6 heteroatoms. The Morgan fingerprint density at radius 2 is 2.23 bits per heavy atom. The van der Waals surface area contributed by atoms with Crippen LogP contribution in [0.3, 0.4) is 0 Å². The molecule has 1 aromatic carbocycles. The molecular formula is C20H19N3O2S. The van der Waals surface area contributed by atoms with Gasteiger partial charge >= 0.3 is 0 Å². The summed E-state index contributed by atoms with van der Waals surface area (Å²) in [6, 6.07) is 6.16. The van der Waals surface area contributed by atoms with E-state index < -0.39 is 0 Å². The van der Waals surface area contributed by atoms with Crippen LogP contribution in [0.4, 0.5) is 0 Å². The molecule has 0 unspecified atom stereocenters. The van der Waals surface area contributed by atoms with E-state index in [9.17, 15) is 4.79 Å². The van der Waals surface area contributed by atoms with Gasteiger partial charge in [0.2, 0.25) is 0 Å². The highest BCUT2D eigenvalue weighted by atomic mass is 32.1. The molecule has 1 aliphatic heterocycles. The van der Waals surface area contributed by atoms with Gasteiger partial charge in [0, 0.05) is 24.4 Å². The van der Waals surface area contributed by atoms with Gasteiger partial charge in [-0.3, -0.25) is 14.8 Å². The van der Waals surface area contributed by atoms with E-state index in [-0.39, 0.29) is 12.0 Å². The van der Waals surface area contributed by atoms with Gasteiger partial charge in [0.15, 0.2) is 0 Å². The van der Waals surface area contributed by atoms with Crippen molar-refractivity contribution in [2.45, 2.75) is 26.4 Å². The van der Waals surface area contributed by atoms with Crippen LogP contribution in [0.1, 0.15) is 26.4 Å². The fourth-order valence-corrected chi connectivity index (χ4v) is 4.07. The zero-order valence-corrected chi connectivity index (χ0v) is 15.5. The number of hydrogen-bond acceptors (Lipinski definition) is 5. The summed E-state index contributed by atoms with van der Waals surface area (Å²) in [5.74, 6) is 0.810. The third-order valence-electron chi connectivity index (χ3n) is 4.44. The van der Waals surface area contributed by atoms with Gasteiger partial charge in [0.25, 0.3) is 5.91 Å². The number of carbonyl (C=O) groups excluding carboxylic acids is 1. The number of thiophene rings is 1. The van der Waals surface area contributed by atoms with Crippen LogP contribution < -0.4 is 10.1 Å². The number of aromatic nitrogens is 2. The lowest BCUT2D eigenvalue weighted by Gasteiger charge is -2.13. The van der Waals surface area contributed by atoms with Gasteiger partial charge in [-0.05, 0) is 48.1 Å². The van der Waals surface area contributed by atoms with Crippen LogP contribution in [0, 0.1) is 13.8 Å². The van der Waals surface area contributed by atoms with Crippen LogP contribution in [0.15, 0.2) is 42.2 Å². The van der Waals surface area contributed by atoms with Gasteiger partial charge in [-0.2, -0.15) is 0 Å². The van der Waals surface area contributed by atoms with Gasteiger partial charge in [-0.15, -0.1) is 11.3 Å². The summed E-state index contributed by atoms with van der Waals surface area (Å²) >= 11 is 1.46. The number of nitrogens with one attached hydrogen (secondary N) is 1. The summed E-state index contributed by atoms with van der Waals surface area (Å²) in [4.78, 5) is 21.6. The molecule has 132 valence electrons. The fourth-order valence-electron chi connectivity index (χ4n) is 3.23. The van der Waals surface area contributed by atoms with Crippen LogP contribution in [0.2, 0.25) is 0 Å². The van der Waals surface area contributed by atoms with E-state index in [1.54, 1.807) is 18.6 Å². The van der Waals surface area contributed by atoms with Crippen LogP contribution >= 0.6 is 11.3 Å². The topological polar surface area (TPSA) is 64.1 Å². The molecule has 1 aliphatic rings. The molecule has 0 saturated carbocycles. The molecule has 0 aliphatic carbocycles. The van der Waals surface area contributed by atoms with Crippen molar-refractivity contribution < 1.29 is 9.53 Å². The minimum atomic E-state index is -0.0774. The van der Waals surface area contributed by atoms with Gasteiger partial charge in [0.05, 0.1) is 23.3 Å². The molecule has 0 radical (unpaired) electrons. The zero-order valence-electron chi connectivity index (χ0n) is 14.7. The normalized spacial score (nSPS) is 15.4. The number of rotatable bonds is 4. The third-order valence-corrected chi connectivity index (χ3v) is 5.46. The molecule has 26 heavy (non-hydrogen) atoms. The van der Waals surface area contributed by atoms with E-state index in [0.717, 1.165) is 45.0 Å². The maximum absolute atomic E-state index is 12.3. The first-order valence-electron chi connectivity index (χ1n) is 8.50. The average molecular weight is 365 g/mol. The second-order valence-corrected chi connectivity index (χ2v) is 7.39. The van der Waals surface area contributed by atoms with Gasteiger partial charge in [-0.1, -0.05) is 6.07 Å². The lowest BCUT2D eigenvalue weighted by molar-refractivity contribution is 0.0937. The number of benzene rings is 1. The second kappa shape index (κ2) is 6.88. The first-order valence-corrected chi connectivity index (χ1v) is 9.38. The molecule has 0 saturated heterocycles. The molecule has 1 amide bonds. The van der Waals surface area contributed by atoms with Gasteiger partial charge < -0.3 is 10.1 Å². The summed E-state index contributed by atoms with van der Waals surface area (Å²) in [6.07, 6.45) is 5.78. The van der Waals surface area contributed by atoms with E-state index in [0.29, 0.717) is 6.54 Å². The summed E-state index contributed by atoms with van der Waals surface area (Å²) in [6.45, 7) is 4.49. The van der Waals surface area contributed by atoms with E-state index in [1.165, 1.54) is 11.3 Å². The van der Waals surface area contributed by atoms with Crippen molar-refractivity contribution in [2.75, 3.05) is 6.54 Å². The predicted molar refractivity (Wildman–Crippen MR) is 102 cm³/mol. The Morgan fingerprint density at radius 1 is 1.35 bits per heavy atom. The number of carbonyl (C=O) groups is 1. The van der Waals surface area contributed by atoms with Crippen molar-refractivity contribution in [3.63, 3.8) is 0 Å². The molecule has 1 N–H and O–H groups in total. The molecule has 3 aromatic rings. The summed E-state index contributed by atoms with van der Waals surface area (Å²) in [5.41, 5.74) is 5.06. The zero-order chi connectivity index (χ0) is 18.1. The molecule has 5 nitrogen and oxygen atoms in total. The highest BCUT2D eigenvalue weighted by Crippen LogP contribution is 2.38. The number of amides is 1. The minimum absolute atomic E-state index is 0.0395. The Bertz CT molecular complexity index is 953. The molecule has 0 bridgehead atoms. The number of hydrogen-bond donors (Lipinski definition) is 1. The van der Waals surface area contributed by atoms with Crippen molar-refractivity contribution in [3.05, 3.63) is 63.7 Å². The molecule has 2 aromatic heterocycles. The number of aryl methyl sites for hydroxylation is 2. The largest absolute Gasteiger partial charge is 0.487 e. The monoisotopic (exact) mass is 365 g/mol. The van der Waals surface area contributed by atoms with Crippen LogP contribution in [0.5, 0.6) is 5.75 Å². The SMILES string of the molecule is Cc1cc2c(c(-c3cnccn3)c1)O[C@H](CNC(=O)c1sccc1C)C2. The highest BCUT2D eigenvalue weighted by molar-refractivity contribution is 7.12. The molecule has 4 rings (SSSR count). The summed E-state index contributed by atoms with van der Waals surface area (Å²) in [7, 11) is 0. The number of nitrogens with zero attached hydrogens (tertiary/aromatic N) is 2. The second-order valence-electron chi connectivity index (χ2n) is 6.48. The van der Waals surface area contributed by atoms with Crippen molar-refractivity contribution in [2.24, 2.45) is 0 Å². The minimum Gasteiger partial charge on any atom is -0.487 e. The third kappa shape index (κ3) is 3.20. The van der Waals surface area contributed by atoms with Crippen LogP contribution in [-0.2, 0) is 6.42 Å². The Balaban J connectivity index is 1.51. The maximum Gasteiger partial charge on any atom is 0.261 e. The van der Waals surface area contributed by atoms with Gasteiger partial charge in [-0.25, -0.2) is 0 Å². The standard InChI is InChI=1S/C20H19N3O2S/c1-12-7-14-9-15(10-23-20(24)19-13(2)3-6-26-19)25-18(14)16(8-12)17-11-21-4-5-22-17/h3-8,11,15H,9-10H2,1-2H3,(H,23,24)/t15-/m0/s1. The molecule has 1 atom stereocenters. The fraction of sp³-hybridized carbons (Fsp3) is 0.250. The lowest BCUT2D eigenvalue weighted by atomic mass is 10.0. The van der Waals surface area contributed by atoms with E-state index in [4.69, 9.17) is 4.74 Å². The van der Waals surface area contributed by atoms with Crippen LogP contribution in [0.25, 0.3) is 11.3 Å². The Labute approximate surface area is 156 Å². The lowest BCUT2D eigenvalue weighted by Crippen LogP contribution is -2.34. The van der Waals surface area contributed by atoms with E-state index in [2.05, 4.69) is 34.3 Å². The Hall–Kier alpha value is -2.73.